The normalized spacial score (nSPS) is 13.1. The molecule has 5 nitrogen and oxygen atoms in total. The molecule has 1 aromatic heterocycles. The second-order valence-corrected chi connectivity index (χ2v) is 3.91. The van der Waals surface area contributed by atoms with Gasteiger partial charge in [0.05, 0.1) is 6.54 Å². The topological polar surface area (TPSA) is 54.2 Å². The average Bonchev–Trinajstić information content (AvgIpc) is 2.82. The highest BCUT2D eigenvalue weighted by atomic mass is 127. The maximum atomic E-state index is 12.6. The second kappa shape index (κ2) is 9.05. The SMILES string of the molecule is CCC(C)NC(=NC)NCc1nccn1C(F)F.I. The molecule has 1 rings (SSSR count). The summed E-state index contributed by atoms with van der Waals surface area (Å²) in [6.45, 7) is 1.70. The van der Waals surface area contributed by atoms with Crippen LogP contribution in [0, 0.1) is 0 Å². The van der Waals surface area contributed by atoms with E-state index in [9.17, 15) is 8.78 Å². The van der Waals surface area contributed by atoms with Gasteiger partial charge in [0.15, 0.2) is 5.96 Å². The quantitative estimate of drug-likeness (QED) is 0.464. The van der Waals surface area contributed by atoms with E-state index >= 15 is 0 Å². The highest BCUT2D eigenvalue weighted by Gasteiger charge is 2.11. The Morgan fingerprint density at radius 2 is 2.21 bits per heavy atom. The fourth-order valence-electron chi connectivity index (χ4n) is 1.35. The molecule has 0 aromatic carbocycles. The smallest absolute Gasteiger partial charge is 0.319 e. The third-order valence-corrected chi connectivity index (χ3v) is 2.59. The zero-order valence-corrected chi connectivity index (χ0v) is 13.6. The van der Waals surface area contributed by atoms with Crippen molar-refractivity contribution >= 4 is 29.9 Å². The number of imidazole rings is 1. The summed E-state index contributed by atoms with van der Waals surface area (Å²) < 4.78 is 26.0. The van der Waals surface area contributed by atoms with E-state index in [0.717, 1.165) is 11.0 Å². The molecule has 1 unspecified atom stereocenters. The van der Waals surface area contributed by atoms with Crippen LogP contribution in [0.15, 0.2) is 17.4 Å². The second-order valence-electron chi connectivity index (χ2n) is 3.91. The van der Waals surface area contributed by atoms with Gasteiger partial charge in [-0.2, -0.15) is 8.78 Å². The fourth-order valence-corrected chi connectivity index (χ4v) is 1.35. The molecule has 0 aliphatic heterocycles. The van der Waals surface area contributed by atoms with Crippen LogP contribution in [0.2, 0.25) is 0 Å². The zero-order valence-electron chi connectivity index (χ0n) is 11.2. The Morgan fingerprint density at radius 1 is 1.53 bits per heavy atom. The van der Waals surface area contributed by atoms with Crippen LogP contribution in [0.4, 0.5) is 8.78 Å². The molecule has 0 saturated heterocycles. The van der Waals surface area contributed by atoms with Crippen molar-refractivity contribution in [2.45, 2.75) is 39.4 Å². The summed E-state index contributed by atoms with van der Waals surface area (Å²) >= 11 is 0. The molecule has 0 saturated carbocycles. The maximum Gasteiger partial charge on any atom is 0.319 e. The third kappa shape index (κ3) is 5.70. The van der Waals surface area contributed by atoms with E-state index in [0.29, 0.717) is 5.96 Å². The Bertz CT molecular complexity index is 394. The monoisotopic (exact) mass is 387 g/mol. The van der Waals surface area contributed by atoms with E-state index in [2.05, 4.69) is 27.5 Å². The number of hydrogen-bond donors (Lipinski definition) is 2. The predicted molar refractivity (Wildman–Crippen MR) is 82.0 cm³/mol. The predicted octanol–water partition coefficient (Wildman–Crippen LogP) is 2.36. The van der Waals surface area contributed by atoms with Crippen LogP contribution in [-0.2, 0) is 6.54 Å². The highest BCUT2D eigenvalue weighted by molar-refractivity contribution is 14.0. The molecule has 1 heterocycles. The number of guanidine groups is 1. The first-order valence-electron chi connectivity index (χ1n) is 5.85. The van der Waals surface area contributed by atoms with Crippen LogP contribution in [-0.4, -0.2) is 28.6 Å². The van der Waals surface area contributed by atoms with Gasteiger partial charge in [0.25, 0.3) is 0 Å². The van der Waals surface area contributed by atoms with Crippen molar-refractivity contribution < 1.29 is 8.78 Å². The Morgan fingerprint density at radius 3 is 2.74 bits per heavy atom. The number of nitrogens with one attached hydrogen (secondary N) is 2. The first-order chi connectivity index (χ1) is 8.58. The van der Waals surface area contributed by atoms with Gasteiger partial charge in [0, 0.05) is 25.5 Å². The molecular formula is C11H20F2IN5. The van der Waals surface area contributed by atoms with Gasteiger partial charge in [-0.05, 0) is 13.3 Å². The number of aromatic nitrogens is 2. The molecule has 110 valence electrons. The summed E-state index contributed by atoms with van der Waals surface area (Å²) in [7, 11) is 1.64. The summed E-state index contributed by atoms with van der Waals surface area (Å²) in [6.07, 6.45) is 3.56. The number of rotatable bonds is 5. The summed E-state index contributed by atoms with van der Waals surface area (Å²) in [5, 5.41) is 6.10. The molecule has 0 aliphatic rings. The van der Waals surface area contributed by atoms with Crippen molar-refractivity contribution in [1.82, 2.24) is 20.2 Å². The van der Waals surface area contributed by atoms with Gasteiger partial charge >= 0.3 is 6.55 Å². The van der Waals surface area contributed by atoms with E-state index in [1.807, 2.05) is 6.92 Å². The number of halogens is 3. The van der Waals surface area contributed by atoms with Crippen LogP contribution >= 0.6 is 24.0 Å². The Balaban J connectivity index is 0.00000324. The van der Waals surface area contributed by atoms with Crippen LogP contribution in [0.25, 0.3) is 0 Å². The average molecular weight is 387 g/mol. The largest absolute Gasteiger partial charge is 0.354 e. The van der Waals surface area contributed by atoms with Crippen molar-refractivity contribution in [2.24, 2.45) is 4.99 Å². The van der Waals surface area contributed by atoms with Crippen molar-refractivity contribution in [3.05, 3.63) is 18.2 Å². The van der Waals surface area contributed by atoms with E-state index in [1.165, 1.54) is 12.4 Å². The lowest BCUT2D eigenvalue weighted by atomic mass is 10.3. The molecule has 0 spiro atoms. The maximum absolute atomic E-state index is 12.6. The van der Waals surface area contributed by atoms with Gasteiger partial charge in [-0.1, -0.05) is 6.92 Å². The number of aliphatic imine (C=N–C) groups is 1. The molecule has 0 amide bonds. The minimum absolute atomic E-state index is 0. The van der Waals surface area contributed by atoms with E-state index in [4.69, 9.17) is 0 Å². The molecule has 19 heavy (non-hydrogen) atoms. The summed E-state index contributed by atoms with van der Waals surface area (Å²) in [6, 6.07) is 0.269. The van der Waals surface area contributed by atoms with Crippen LogP contribution in [0.5, 0.6) is 0 Å². The van der Waals surface area contributed by atoms with Gasteiger partial charge in [-0.25, -0.2) is 4.98 Å². The first kappa shape index (κ1) is 18.1. The fraction of sp³-hybridized carbons (Fsp3) is 0.636. The van der Waals surface area contributed by atoms with Gasteiger partial charge < -0.3 is 10.6 Å². The van der Waals surface area contributed by atoms with Gasteiger partial charge in [-0.3, -0.25) is 9.56 Å². The summed E-state index contributed by atoms with van der Waals surface area (Å²) in [4.78, 5) is 7.90. The van der Waals surface area contributed by atoms with Crippen molar-refractivity contribution in [2.75, 3.05) is 7.05 Å². The van der Waals surface area contributed by atoms with Crippen molar-refractivity contribution in [3.63, 3.8) is 0 Å². The van der Waals surface area contributed by atoms with Crippen molar-refractivity contribution in [1.29, 1.82) is 0 Å². The van der Waals surface area contributed by atoms with Gasteiger partial charge in [0.1, 0.15) is 5.82 Å². The lowest BCUT2D eigenvalue weighted by molar-refractivity contribution is 0.0668. The van der Waals surface area contributed by atoms with Gasteiger partial charge in [0.2, 0.25) is 0 Å². The zero-order chi connectivity index (χ0) is 13.5. The Labute approximate surface area is 128 Å². The lowest BCUT2D eigenvalue weighted by Gasteiger charge is -2.16. The van der Waals surface area contributed by atoms with Crippen LogP contribution in [0.1, 0.15) is 32.6 Å². The Hall–Kier alpha value is -0.930. The van der Waals surface area contributed by atoms with Gasteiger partial charge in [-0.15, -0.1) is 24.0 Å². The molecule has 0 fully saturated rings. The molecular weight excluding hydrogens is 367 g/mol. The van der Waals surface area contributed by atoms with E-state index < -0.39 is 6.55 Å². The molecule has 8 heteroatoms. The lowest BCUT2D eigenvalue weighted by Crippen LogP contribution is -2.41. The number of nitrogens with zero attached hydrogens (tertiary/aromatic N) is 3. The van der Waals surface area contributed by atoms with Crippen LogP contribution in [0.3, 0.4) is 0 Å². The molecule has 0 bridgehead atoms. The first-order valence-corrected chi connectivity index (χ1v) is 5.85. The third-order valence-electron chi connectivity index (χ3n) is 2.59. The summed E-state index contributed by atoms with van der Waals surface area (Å²) in [5.41, 5.74) is 0. The molecule has 1 aromatic rings. The standard InChI is InChI=1S/C11H19F2N5.HI/c1-4-8(2)17-11(14-3)16-7-9-15-5-6-18(9)10(12)13;/h5-6,8,10H,4,7H2,1-3H3,(H2,14,16,17);1H. The molecule has 1 atom stereocenters. The van der Waals surface area contributed by atoms with Crippen molar-refractivity contribution in [3.8, 4) is 0 Å². The van der Waals surface area contributed by atoms with Crippen LogP contribution < -0.4 is 10.6 Å². The molecule has 0 radical (unpaired) electrons. The molecule has 0 aliphatic carbocycles. The molecule has 2 N–H and O–H groups in total. The highest BCUT2D eigenvalue weighted by Crippen LogP contribution is 2.11. The number of hydrogen-bond acceptors (Lipinski definition) is 2. The van der Waals surface area contributed by atoms with E-state index in [1.54, 1.807) is 7.05 Å². The van der Waals surface area contributed by atoms with E-state index in [-0.39, 0.29) is 42.4 Å². The minimum atomic E-state index is -2.58. The Kier molecular flexibility index (Phi) is 8.61. The number of alkyl halides is 2. The summed E-state index contributed by atoms with van der Waals surface area (Å²) in [5.74, 6) is 0.852. The minimum Gasteiger partial charge on any atom is -0.354 e.